The van der Waals surface area contributed by atoms with Crippen LogP contribution in [0.15, 0.2) is 38.0 Å². The van der Waals surface area contributed by atoms with Crippen molar-refractivity contribution in [2.24, 2.45) is 0 Å². The lowest BCUT2D eigenvalue weighted by molar-refractivity contribution is 0.860. The molecule has 0 radical (unpaired) electrons. The lowest BCUT2D eigenvalue weighted by Gasteiger charge is -2.28. The summed E-state index contributed by atoms with van der Waals surface area (Å²) in [6, 6.07) is 5.04. The second kappa shape index (κ2) is 7.81. The smallest absolute Gasteiger partial charge is 0.0648 e. The van der Waals surface area contributed by atoms with E-state index in [1.165, 1.54) is 37.0 Å². The molecule has 14 heavy (non-hydrogen) atoms. The number of unbranched alkanes of at least 4 members (excludes halogenated alkanes) is 1. The minimum absolute atomic E-state index is 1.17. The maximum atomic E-state index is 3.88. The Balaban J connectivity index is 4.43. The van der Waals surface area contributed by atoms with E-state index in [2.05, 4.69) is 44.9 Å². The minimum atomic E-state index is -1.17. The molecule has 0 rings (SSSR count). The molecule has 0 aromatic carbocycles. The molecule has 0 saturated carbocycles. The molecule has 0 N–H and O–H groups in total. The Morgan fingerprint density at radius 2 is 1.36 bits per heavy atom. The molecule has 0 aromatic rings. The highest BCUT2D eigenvalue weighted by Gasteiger charge is 2.27. The van der Waals surface area contributed by atoms with Gasteiger partial charge in [0.05, 0.1) is 8.07 Å². The third-order valence-electron chi connectivity index (χ3n) is 2.79. The van der Waals surface area contributed by atoms with Crippen LogP contribution < -0.4 is 0 Å². The van der Waals surface area contributed by atoms with Gasteiger partial charge in [-0.25, -0.2) is 0 Å². The fourth-order valence-corrected chi connectivity index (χ4v) is 6.08. The van der Waals surface area contributed by atoms with Crippen LogP contribution in [0, 0.1) is 0 Å². The van der Waals surface area contributed by atoms with E-state index in [0.29, 0.717) is 0 Å². The van der Waals surface area contributed by atoms with Crippen molar-refractivity contribution in [1.29, 1.82) is 0 Å². The minimum Gasteiger partial charge on any atom is -0.103 e. The summed E-state index contributed by atoms with van der Waals surface area (Å²) in [5.41, 5.74) is 0. The first-order chi connectivity index (χ1) is 6.74. The number of rotatable bonds is 9. The third kappa shape index (κ3) is 4.61. The van der Waals surface area contributed by atoms with Crippen LogP contribution >= 0.6 is 0 Å². The predicted molar refractivity (Wildman–Crippen MR) is 70.5 cm³/mol. The average molecular weight is 208 g/mol. The van der Waals surface area contributed by atoms with Gasteiger partial charge in [0.15, 0.2) is 0 Å². The van der Waals surface area contributed by atoms with Crippen LogP contribution in [-0.2, 0) is 0 Å². The summed E-state index contributed by atoms with van der Waals surface area (Å²) < 4.78 is 0. The maximum Gasteiger partial charge on any atom is 0.0648 e. The van der Waals surface area contributed by atoms with Crippen molar-refractivity contribution in [3.05, 3.63) is 38.0 Å². The van der Waals surface area contributed by atoms with Gasteiger partial charge >= 0.3 is 0 Å². The molecule has 1 heteroatoms. The Bertz CT molecular complexity index is 155. The van der Waals surface area contributed by atoms with Crippen molar-refractivity contribution in [3.8, 4) is 0 Å². The van der Waals surface area contributed by atoms with Gasteiger partial charge in [0.25, 0.3) is 0 Å². The normalized spacial score (nSPS) is 10.9. The van der Waals surface area contributed by atoms with Gasteiger partial charge in [-0.05, 0) is 18.1 Å². The topological polar surface area (TPSA) is 0 Å². The molecule has 0 nitrogen and oxygen atoms in total. The molecule has 0 bridgehead atoms. The molecule has 0 aromatic heterocycles. The zero-order chi connectivity index (χ0) is 10.9. The Morgan fingerprint density at radius 3 is 1.64 bits per heavy atom. The molecule has 0 amide bonds. The molecule has 0 atom stereocenters. The summed E-state index contributed by atoms with van der Waals surface area (Å²) in [4.78, 5) is 0. The molecular weight excluding hydrogens is 184 g/mol. The van der Waals surface area contributed by atoms with Crippen molar-refractivity contribution >= 4 is 8.07 Å². The Kier molecular flexibility index (Phi) is 7.49. The van der Waals surface area contributed by atoms with Crippen molar-refractivity contribution in [1.82, 2.24) is 0 Å². The van der Waals surface area contributed by atoms with Gasteiger partial charge in [0.1, 0.15) is 0 Å². The first-order valence-electron chi connectivity index (χ1n) is 5.57. The number of hydrogen-bond donors (Lipinski definition) is 0. The average Bonchev–Trinajstić information content (AvgIpc) is 2.16. The van der Waals surface area contributed by atoms with Crippen LogP contribution in [0.3, 0.4) is 0 Å². The molecule has 80 valence electrons. The summed E-state index contributed by atoms with van der Waals surface area (Å²) >= 11 is 0. The van der Waals surface area contributed by atoms with E-state index in [9.17, 15) is 0 Å². The van der Waals surface area contributed by atoms with E-state index >= 15 is 0 Å². The van der Waals surface area contributed by atoms with E-state index in [0.717, 1.165) is 0 Å². The van der Waals surface area contributed by atoms with Gasteiger partial charge in [0, 0.05) is 0 Å². The zero-order valence-electron chi connectivity index (χ0n) is 9.60. The molecule has 0 fully saturated rings. The standard InChI is InChI=1S/C13H24Si/c1-5-9-13-14(10-6-2,11-7-3)12-8-4/h6-8H,2-5,9-13H2,1H3. The molecule has 0 aliphatic heterocycles. The van der Waals surface area contributed by atoms with E-state index in [1.807, 2.05) is 0 Å². The summed E-state index contributed by atoms with van der Waals surface area (Å²) in [5, 5.41) is 0. The SMILES string of the molecule is C=CC[Si](CC=C)(CC=C)CCCC. The van der Waals surface area contributed by atoms with Crippen LogP contribution in [0.5, 0.6) is 0 Å². The highest BCUT2D eigenvalue weighted by molar-refractivity contribution is 6.81. The van der Waals surface area contributed by atoms with Gasteiger partial charge in [-0.1, -0.05) is 44.0 Å². The predicted octanol–water partition coefficient (Wildman–Crippen LogP) is 4.79. The van der Waals surface area contributed by atoms with Gasteiger partial charge in [-0.3, -0.25) is 0 Å². The second-order valence-corrected chi connectivity index (χ2v) is 8.81. The van der Waals surface area contributed by atoms with E-state index in [-0.39, 0.29) is 0 Å². The van der Waals surface area contributed by atoms with Gasteiger partial charge in [-0.15, -0.1) is 19.7 Å². The monoisotopic (exact) mass is 208 g/mol. The summed E-state index contributed by atoms with van der Waals surface area (Å²) in [6.45, 7) is 13.9. The summed E-state index contributed by atoms with van der Waals surface area (Å²) in [5.74, 6) is 0. The Labute approximate surface area is 90.4 Å². The van der Waals surface area contributed by atoms with Gasteiger partial charge in [-0.2, -0.15) is 0 Å². The molecule has 0 saturated heterocycles. The lowest BCUT2D eigenvalue weighted by atomic mass is 10.4. The Morgan fingerprint density at radius 1 is 0.929 bits per heavy atom. The van der Waals surface area contributed by atoms with Crippen LogP contribution in [0.1, 0.15) is 19.8 Å². The number of hydrogen-bond acceptors (Lipinski definition) is 0. The quantitative estimate of drug-likeness (QED) is 0.377. The van der Waals surface area contributed by atoms with Crippen LogP contribution in [0.25, 0.3) is 0 Å². The molecule has 0 aliphatic rings. The van der Waals surface area contributed by atoms with E-state index < -0.39 is 8.07 Å². The van der Waals surface area contributed by atoms with Crippen molar-refractivity contribution in [2.45, 2.75) is 43.9 Å². The Hall–Kier alpha value is -0.563. The van der Waals surface area contributed by atoms with Crippen molar-refractivity contribution in [3.63, 3.8) is 0 Å². The van der Waals surface area contributed by atoms with E-state index in [4.69, 9.17) is 0 Å². The van der Waals surface area contributed by atoms with E-state index in [1.54, 1.807) is 0 Å². The summed E-state index contributed by atoms with van der Waals surface area (Å²) in [6.07, 6.45) is 8.92. The summed E-state index contributed by atoms with van der Waals surface area (Å²) in [7, 11) is -1.17. The molecule has 0 aliphatic carbocycles. The van der Waals surface area contributed by atoms with Crippen LogP contribution in [0.4, 0.5) is 0 Å². The molecule has 0 unspecified atom stereocenters. The first-order valence-corrected chi connectivity index (χ1v) is 8.40. The van der Waals surface area contributed by atoms with Crippen molar-refractivity contribution in [2.75, 3.05) is 0 Å². The highest BCUT2D eigenvalue weighted by atomic mass is 28.3. The van der Waals surface area contributed by atoms with Crippen LogP contribution in [-0.4, -0.2) is 8.07 Å². The second-order valence-electron chi connectivity index (χ2n) is 4.08. The highest BCUT2D eigenvalue weighted by Crippen LogP contribution is 2.29. The fourth-order valence-electron chi connectivity index (χ4n) is 2.03. The molecule has 0 spiro atoms. The fraction of sp³-hybridized carbons (Fsp3) is 0.538. The third-order valence-corrected chi connectivity index (χ3v) is 7.67. The lowest BCUT2D eigenvalue weighted by Crippen LogP contribution is -2.31. The largest absolute Gasteiger partial charge is 0.103 e. The molecule has 0 heterocycles. The maximum absolute atomic E-state index is 3.88. The number of allylic oxidation sites excluding steroid dienone is 3. The van der Waals surface area contributed by atoms with Crippen molar-refractivity contribution < 1.29 is 0 Å². The first kappa shape index (κ1) is 13.4. The van der Waals surface area contributed by atoms with Gasteiger partial charge < -0.3 is 0 Å². The van der Waals surface area contributed by atoms with Crippen LogP contribution in [0.2, 0.25) is 24.2 Å². The molecular formula is C13H24Si. The zero-order valence-corrected chi connectivity index (χ0v) is 10.6. The van der Waals surface area contributed by atoms with Gasteiger partial charge in [0.2, 0.25) is 0 Å².